The average molecular weight is 308 g/mol. The Morgan fingerprint density at radius 2 is 2.24 bits per heavy atom. The van der Waals surface area contributed by atoms with Crippen molar-refractivity contribution < 1.29 is 9.53 Å². The molecule has 0 radical (unpaired) electrons. The van der Waals surface area contributed by atoms with Gasteiger partial charge < -0.3 is 9.30 Å². The Bertz CT molecular complexity index is 680. The van der Waals surface area contributed by atoms with Crippen molar-refractivity contribution in [2.45, 2.75) is 26.8 Å². The summed E-state index contributed by atoms with van der Waals surface area (Å²) in [6.45, 7) is 4.06. The third kappa shape index (κ3) is 3.88. The number of amides is 1. The SMILES string of the molecule is CCOc1cccn(CC(=O)Nc2nnc(CC)s2)c1=O. The van der Waals surface area contributed by atoms with Crippen LogP contribution in [0.1, 0.15) is 18.9 Å². The maximum atomic E-state index is 12.0. The number of rotatable bonds is 6. The second-order valence-corrected chi connectivity index (χ2v) is 5.20. The molecule has 2 rings (SSSR count). The minimum absolute atomic E-state index is 0.0964. The molecule has 0 saturated heterocycles. The van der Waals surface area contributed by atoms with Crippen LogP contribution in [0.5, 0.6) is 5.75 Å². The van der Waals surface area contributed by atoms with Crippen molar-refractivity contribution in [1.29, 1.82) is 0 Å². The number of nitrogens with zero attached hydrogens (tertiary/aromatic N) is 3. The van der Waals surface area contributed by atoms with E-state index in [0.717, 1.165) is 11.4 Å². The van der Waals surface area contributed by atoms with Crippen molar-refractivity contribution >= 4 is 22.4 Å². The highest BCUT2D eigenvalue weighted by Gasteiger charge is 2.10. The van der Waals surface area contributed by atoms with Gasteiger partial charge in [-0.25, -0.2) is 0 Å². The Kier molecular flexibility index (Phi) is 5.04. The summed E-state index contributed by atoms with van der Waals surface area (Å²) in [6, 6.07) is 3.25. The van der Waals surface area contributed by atoms with E-state index in [1.54, 1.807) is 25.3 Å². The van der Waals surface area contributed by atoms with E-state index in [-0.39, 0.29) is 23.8 Å². The number of carbonyl (C=O) groups is 1. The lowest BCUT2D eigenvalue weighted by atomic mass is 10.4. The lowest BCUT2D eigenvalue weighted by molar-refractivity contribution is -0.116. The third-order valence-electron chi connectivity index (χ3n) is 2.61. The molecule has 7 nitrogen and oxygen atoms in total. The zero-order valence-corrected chi connectivity index (χ0v) is 12.6. The normalized spacial score (nSPS) is 10.4. The largest absolute Gasteiger partial charge is 0.488 e. The van der Waals surface area contributed by atoms with E-state index in [0.29, 0.717) is 11.7 Å². The van der Waals surface area contributed by atoms with Crippen molar-refractivity contribution in [3.8, 4) is 5.75 Å². The standard InChI is InChI=1S/C13H16N4O3S/c1-3-11-15-16-13(21-11)14-10(18)8-17-7-5-6-9(12(17)19)20-4-2/h5-7H,3-4,8H2,1-2H3,(H,14,16,18). The molecule has 2 aromatic rings. The van der Waals surface area contributed by atoms with Gasteiger partial charge in [-0.1, -0.05) is 18.3 Å². The molecule has 112 valence electrons. The summed E-state index contributed by atoms with van der Waals surface area (Å²) >= 11 is 1.32. The number of aryl methyl sites for hydroxylation is 1. The molecule has 2 heterocycles. The van der Waals surface area contributed by atoms with Gasteiger partial charge in [-0.15, -0.1) is 10.2 Å². The first kappa shape index (κ1) is 15.2. The molecule has 8 heteroatoms. The molecule has 0 saturated carbocycles. The fourth-order valence-electron chi connectivity index (χ4n) is 1.67. The van der Waals surface area contributed by atoms with Crippen LogP contribution in [0.15, 0.2) is 23.1 Å². The Morgan fingerprint density at radius 1 is 1.43 bits per heavy atom. The van der Waals surface area contributed by atoms with Crippen LogP contribution in [0.2, 0.25) is 0 Å². The quantitative estimate of drug-likeness (QED) is 0.869. The minimum atomic E-state index is -0.332. The van der Waals surface area contributed by atoms with Crippen LogP contribution in [0, 0.1) is 0 Å². The zero-order chi connectivity index (χ0) is 15.2. The van der Waals surface area contributed by atoms with Gasteiger partial charge in [0.25, 0.3) is 5.56 Å². The number of hydrogen-bond donors (Lipinski definition) is 1. The molecule has 0 aliphatic carbocycles. The summed E-state index contributed by atoms with van der Waals surface area (Å²) in [6.07, 6.45) is 2.31. The van der Waals surface area contributed by atoms with E-state index in [4.69, 9.17) is 4.74 Å². The van der Waals surface area contributed by atoms with Crippen LogP contribution in [-0.4, -0.2) is 27.3 Å². The van der Waals surface area contributed by atoms with Crippen molar-refractivity contribution in [2.24, 2.45) is 0 Å². The van der Waals surface area contributed by atoms with Gasteiger partial charge in [-0.2, -0.15) is 0 Å². The molecule has 1 N–H and O–H groups in total. The molecule has 0 aromatic carbocycles. The highest BCUT2D eigenvalue weighted by molar-refractivity contribution is 7.15. The van der Waals surface area contributed by atoms with Gasteiger partial charge in [0, 0.05) is 6.20 Å². The molecule has 0 spiro atoms. The van der Waals surface area contributed by atoms with Crippen LogP contribution in [-0.2, 0) is 17.8 Å². The molecule has 0 aliphatic rings. The van der Waals surface area contributed by atoms with Gasteiger partial charge in [-0.05, 0) is 25.5 Å². The molecule has 0 bridgehead atoms. The highest BCUT2D eigenvalue weighted by Crippen LogP contribution is 2.15. The van der Waals surface area contributed by atoms with Crippen LogP contribution < -0.4 is 15.6 Å². The first-order valence-corrected chi connectivity index (χ1v) is 7.40. The zero-order valence-electron chi connectivity index (χ0n) is 11.8. The molecule has 1 amide bonds. The van der Waals surface area contributed by atoms with E-state index >= 15 is 0 Å². The second-order valence-electron chi connectivity index (χ2n) is 4.14. The predicted octanol–water partition coefficient (Wildman–Crippen LogP) is 1.30. The van der Waals surface area contributed by atoms with Crippen LogP contribution in [0.4, 0.5) is 5.13 Å². The number of carbonyl (C=O) groups excluding carboxylic acids is 1. The Balaban J connectivity index is 2.05. The topological polar surface area (TPSA) is 86.1 Å². The van der Waals surface area contributed by atoms with E-state index < -0.39 is 0 Å². The molecule has 0 aliphatic heterocycles. The number of nitrogens with one attached hydrogen (secondary N) is 1. The van der Waals surface area contributed by atoms with Gasteiger partial charge in [0.2, 0.25) is 11.0 Å². The summed E-state index contributed by atoms with van der Waals surface area (Å²) in [4.78, 5) is 24.0. The van der Waals surface area contributed by atoms with Gasteiger partial charge >= 0.3 is 0 Å². The molecule has 0 fully saturated rings. The average Bonchev–Trinajstić information content (AvgIpc) is 2.91. The molecule has 0 atom stereocenters. The summed E-state index contributed by atoms with van der Waals surface area (Å²) in [7, 11) is 0. The van der Waals surface area contributed by atoms with Crippen LogP contribution in [0.3, 0.4) is 0 Å². The molecule has 2 aromatic heterocycles. The number of pyridine rings is 1. The Hall–Kier alpha value is -2.22. The second kappa shape index (κ2) is 6.98. The van der Waals surface area contributed by atoms with Crippen molar-refractivity contribution in [2.75, 3.05) is 11.9 Å². The first-order chi connectivity index (χ1) is 10.1. The molecular weight excluding hydrogens is 292 g/mol. The number of ether oxygens (including phenoxy) is 1. The highest BCUT2D eigenvalue weighted by atomic mass is 32.1. The first-order valence-electron chi connectivity index (χ1n) is 6.58. The van der Waals surface area contributed by atoms with Crippen molar-refractivity contribution in [1.82, 2.24) is 14.8 Å². The molecular formula is C13H16N4O3S. The lowest BCUT2D eigenvalue weighted by Gasteiger charge is -2.07. The Morgan fingerprint density at radius 3 is 2.90 bits per heavy atom. The Labute approximate surface area is 125 Å². The van der Waals surface area contributed by atoms with Gasteiger partial charge in [0.15, 0.2) is 5.75 Å². The number of hydrogen-bond acceptors (Lipinski definition) is 6. The van der Waals surface area contributed by atoms with Crippen LogP contribution in [0.25, 0.3) is 0 Å². The van der Waals surface area contributed by atoms with Gasteiger partial charge in [-0.3, -0.25) is 14.9 Å². The predicted molar refractivity (Wildman–Crippen MR) is 79.8 cm³/mol. The summed E-state index contributed by atoms with van der Waals surface area (Å²) in [5, 5.41) is 11.7. The van der Waals surface area contributed by atoms with Crippen molar-refractivity contribution in [3.05, 3.63) is 33.7 Å². The fourth-order valence-corrected chi connectivity index (χ4v) is 2.36. The summed E-state index contributed by atoms with van der Waals surface area (Å²) in [5.41, 5.74) is -0.332. The summed E-state index contributed by atoms with van der Waals surface area (Å²) < 4.78 is 6.50. The van der Waals surface area contributed by atoms with Crippen molar-refractivity contribution in [3.63, 3.8) is 0 Å². The number of anilines is 1. The van der Waals surface area contributed by atoms with Crippen LogP contribution >= 0.6 is 11.3 Å². The lowest BCUT2D eigenvalue weighted by Crippen LogP contribution is -2.27. The number of aromatic nitrogens is 3. The molecule has 0 unspecified atom stereocenters. The van der Waals surface area contributed by atoms with Gasteiger partial charge in [0.05, 0.1) is 6.61 Å². The molecule has 21 heavy (non-hydrogen) atoms. The fraction of sp³-hybridized carbons (Fsp3) is 0.385. The van der Waals surface area contributed by atoms with E-state index in [9.17, 15) is 9.59 Å². The smallest absolute Gasteiger partial charge is 0.293 e. The third-order valence-corrected chi connectivity index (χ3v) is 3.60. The van der Waals surface area contributed by atoms with E-state index in [1.165, 1.54) is 15.9 Å². The maximum absolute atomic E-state index is 12.0. The van der Waals surface area contributed by atoms with E-state index in [2.05, 4.69) is 15.5 Å². The maximum Gasteiger partial charge on any atom is 0.293 e. The van der Waals surface area contributed by atoms with Gasteiger partial charge in [0.1, 0.15) is 11.6 Å². The monoisotopic (exact) mass is 308 g/mol. The minimum Gasteiger partial charge on any atom is -0.488 e. The summed E-state index contributed by atoms with van der Waals surface area (Å²) in [5.74, 6) is -0.0958. The van der Waals surface area contributed by atoms with E-state index in [1.807, 2.05) is 6.92 Å².